The number of carbonyl (C=O) groups is 2. The Hall–Kier alpha value is -4.57. The highest BCUT2D eigenvalue weighted by atomic mass is 16.5. The molecule has 3 saturated heterocycles. The summed E-state index contributed by atoms with van der Waals surface area (Å²) in [6, 6.07) is 10.9. The number of ether oxygens (including phenoxy) is 2. The van der Waals surface area contributed by atoms with E-state index >= 15 is 0 Å². The van der Waals surface area contributed by atoms with Crippen molar-refractivity contribution in [2.75, 3.05) is 26.7 Å². The van der Waals surface area contributed by atoms with E-state index in [2.05, 4.69) is 26.8 Å². The first-order valence-corrected chi connectivity index (χ1v) is 15.1. The van der Waals surface area contributed by atoms with Gasteiger partial charge in [0.05, 0.1) is 24.1 Å². The van der Waals surface area contributed by atoms with Gasteiger partial charge >= 0.3 is 5.97 Å². The number of piperidine rings is 3. The highest BCUT2D eigenvalue weighted by molar-refractivity contribution is 5.98. The van der Waals surface area contributed by atoms with Crippen molar-refractivity contribution in [3.8, 4) is 5.75 Å². The lowest BCUT2D eigenvalue weighted by Crippen LogP contribution is -2.55. The Morgan fingerprint density at radius 1 is 1.20 bits per heavy atom. The summed E-state index contributed by atoms with van der Waals surface area (Å²) in [5, 5.41) is 3.82. The maximum Gasteiger partial charge on any atom is 0.326 e. The normalized spacial score (nSPS) is 21.6. The fourth-order valence-corrected chi connectivity index (χ4v) is 6.76. The minimum absolute atomic E-state index is 0.0467. The highest BCUT2D eigenvalue weighted by Crippen LogP contribution is 2.43. The standard InChI is InChI=1S/C34H37N5O5/c1-5-21-18-39-14-12-22(21)15-29(39)32(24-11-13-35-28-10-8-23(43-4)16-26(24)28)44-30(40)17-36-34(42)27-19-38(6-2)33-25(31(27)41)9-7-20(3)37-33/h5,7-11,13,16,19,21-22,29,32H,1,6,12,14-15,17-18H2,2-4H3,(H,36,42)/t21?,22-,29?,32+/m0/s1. The first-order valence-electron chi connectivity index (χ1n) is 15.1. The molecule has 3 aromatic heterocycles. The van der Waals surface area contributed by atoms with Crippen LogP contribution in [0.3, 0.4) is 0 Å². The molecule has 1 aromatic carbocycles. The molecule has 2 bridgehead atoms. The molecule has 7 rings (SSSR count). The number of carbonyl (C=O) groups excluding carboxylic acids is 2. The average Bonchev–Trinajstić information content (AvgIpc) is 3.05. The number of nitrogens with zero attached hydrogens (tertiary/aromatic N) is 4. The van der Waals surface area contributed by atoms with Crippen LogP contribution in [0.5, 0.6) is 5.75 Å². The van der Waals surface area contributed by atoms with E-state index < -0.39 is 23.4 Å². The first kappa shape index (κ1) is 29.5. The fourth-order valence-electron chi connectivity index (χ4n) is 6.76. The Kier molecular flexibility index (Phi) is 8.18. The van der Waals surface area contributed by atoms with E-state index in [9.17, 15) is 14.4 Å². The van der Waals surface area contributed by atoms with Crippen molar-refractivity contribution in [3.63, 3.8) is 0 Å². The molecule has 0 spiro atoms. The second-order valence-electron chi connectivity index (χ2n) is 11.6. The number of amides is 1. The van der Waals surface area contributed by atoms with Gasteiger partial charge in [-0.1, -0.05) is 6.08 Å². The van der Waals surface area contributed by atoms with E-state index in [0.29, 0.717) is 35.2 Å². The summed E-state index contributed by atoms with van der Waals surface area (Å²) in [6.07, 6.45) is 6.59. The van der Waals surface area contributed by atoms with Crippen LogP contribution in [0, 0.1) is 18.8 Å². The minimum atomic E-state index is -0.637. The molecule has 3 unspecified atom stereocenters. The molecule has 0 saturated carbocycles. The SMILES string of the molecule is C=CC1CN2CC[C@H]1CC2[C@H](OC(=O)CNC(=O)c1cn(CC)c2nc(C)ccc2c1=O)c1ccnc2ccc(OC)cc12. The zero-order valence-corrected chi connectivity index (χ0v) is 25.3. The van der Waals surface area contributed by atoms with Crippen molar-refractivity contribution in [2.24, 2.45) is 11.8 Å². The van der Waals surface area contributed by atoms with Crippen molar-refractivity contribution < 1.29 is 19.1 Å². The highest BCUT2D eigenvalue weighted by Gasteiger charge is 2.44. The minimum Gasteiger partial charge on any atom is -0.497 e. The van der Waals surface area contributed by atoms with Gasteiger partial charge < -0.3 is 19.4 Å². The van der Waals surface area contributed by atoms with E-state index in [0.717, 1.165) is 48.1 Å². The van der Waals surface area contributed by atoms with Crippen molar-refractivity contribution in [3.05, 3.63) is 88.5 Å². The average molecular weight is 596 g/mol. The molecular weight excluding hydrogens is 558 g/mol. The third-order valence-electron chi connectivity index (χ3n) is 9.09. The van der Waals surface area contributed by atoms with Crippen LogP contribution in [-0.2, 0) is 16.1 Å². The van der Waals surface area contributed by atoms with Gasteiger partial charge in [0.15, 0.2) is 0 Å². The molecule has 0 aliphatic carbocycles. The predicted molar refractivity (Wildman–Crippen MR) is 168 cm³/mol. The van der Waals surface area contributed by atoms with Crippen LogP contribution >= 0.6 is 0 Å². The lowest BCUT2D eigenvalue weighted by atomic mass is 9.73. The summed E-state index contributed by atoms with van der Waals surface area (Å²) in [5.41, 5.74) is 2.42. The van der Waals surface area contributed by atoms with Crippen LogP contribution in [0.4, 0.5) is 0 Å². The van der Waals surface area contributed by atoms with Crippen molar-refractivity contribution >= 4 is 33.8 Å². The van der Waals surface area contributed by atoms with E-state index in [4.69, 9.17) is 9.47 Å². The molecule has 10 heteroatoms. The van der Waals surface area contributed by atoms with Crippen LogP contribution < -0.4 is 15.5 Å². The van der Waals surface area contributed by atoms with Crippen LogP contribution in [0.2, 0.25) is 0 Å². The zero-order valence-electron chi connectivity index (χ0n) is 25.3. The monoisotopic (exact) mass is 595 g/mol. The Morgan fingerprint density at radius 2 is 2.05 bits per heavy atom. The zero-order chi connectivity index (χ0) is 31.0. The van der Waals surface area contributed by atoms with Gasteiger partial charge in [0.25, 0.3) is 5.91 Å². The quantitative estimate of drug-likeness (QED) is 0.226. The van der Waals surface area contributed by atoms with Gasteiger partial charge in [-0.25, -0.2) is 4.98 Å². The molecular formula is C34H37N5O5. The number of methoxy groups -OCH3 is 1. The fraction of sp³-hybridized carbons (Fsp3) is 0.382. The van der Waals surface area contributed by atoms with Gasteiger partial charge in [0, 0.05) is 42.1 Å². The second-order valence-corrected chi connectivity index (χ2v) is 11.6. The Bertz CT molecular complexity index is 1820. The number of esters is 1. The third kappa shape index (κ3) is 5.45. The van der Waals surface area contributed by atoms with E-state index in [1.54, 1.807) is 30.0 Å². The predicted octanol–water partition coefficient (Wildman–Crippen LogP) is 4.19. The molecule has 1 N–H and O–H groups in total. The number of benzene rings is 1. The largest absolute Gasteiger partial charge is 0.497 e. The maximum absolute atomic E-state index is 13.4. The Labute approximate surface area is 255 Å². The first-order chi connectivity index (χ1) is 21.3. The molecule has 5 atom stereocenters. The number of hydrogen-bond acceptors (Lipinski definition) is 8. The molecule has 3 aliphatic rings. The van der Waals surface area contributed by atoms with Gasteiger partial charge in [-0.15, -0.1) is 6.58 Å². The van der Waals surface area contributed by atoms with E-state index in [1.165, 1.54) is 6.20 Å². The molecule has 10 nitrogen and oxygen atoms in total. The van der Waals surface area contributed by atoms with Crippen molar-refractivity contribution in [1.29, 1.82) is 0 Å². The van der Waals surface area contributed by atoms with Crippen LogP contribution in [0.25, 0.3) is 21.9 Å². The number of nitrogens with one attached hydrogen (secondary N) is 1. The van der Waals surface area contributed by atoms with Gasteiger partial charge in [-0.2, -0.15) is 0 Å². The number of rotatable bonds is 9. The topological polar surface area (TPSA) is 116 Å². The summed E-state index contributed by atoms with van der Waals surface area (Å²) in [5.74, 6) is 0.311. The molecule has 4 aromatic rings. The number of hydrogen-bond donors (Lipinski definition) is 1. The molecule has 3 aliphatic heterocycles. The van der Waals surface area contributed by atoms with Crippen LogP contribution in [0.1, 0.15) is 47.5 Å². The number of pyridine rings is 3. The van der Waals surface area contributed by atoms with Crippen LogP contribution in [0.15, 0.2) is 66.2 Å². The summed E-state index contributed by atoms with van der Waals surface area (Å²) in [4.78, 5) is 51.3. The number of aryl methyl sites for hydroxylation is 2. The summed E-state index contributed by atoms with van der Waals surface area (Å²) in [7, 11) is 1.61. The van der Waals surface area contributed by atoms with Crippen molar-refractivity contribution in [2.45, 2.75) is 45.4 Å². The lowest BCUT2D eigenvalue weighted by molar-refractivity contribution is -0.156. The third-order valence-corrected chi connectivity index (χ3v) is 9.09. The van der Waals surface area contributed by atoms with Crippen molar-refractivity contribution in [1.82, 2.24) is 24.8 Å². The maximum atomic E-state index is 13.4. The lowest BCUT2D eigenvalue weighted by Gasteiger charge is -2.51. The Morgan fingerprint density at radius 3 is 2.77 bits per heavy atom. The summed E-state index contributed by atoms with van der Waals surface area (Å²) < 4.78 is 13.5. The van der Waals surface area contributed by atoms with Gasteiger partial charge in [-0.05, 0) is 81.5 Å². The van der Waals surface area contributed by atoms with Gasteiger partial charge in [0.1, 0.15) is 29.6 Å². The molecule has 3 fully saturated rings. The Balaban J connectivity index is 1.27. The van der Waals surface area contributed by atoms with E-state index in [-0.39, 0.29) is 18.2 Å². The summed E-state index contributed by atoms with van der Waals surface area (Å²) in [6.45, 7) is 9.71. The molecule has 0 radical (unpaired) electrons. The van der Waals surface area contributed by atoms with Crippen LogP contribution in [-0.4, -0.2) is 64.1 Å². The number of fused-ring (bicyclic) bond motifs is 5. The molecule has 1 amide bonds. The second kappa shape index (κ2) is 12.2. The van der Waals surface area contributed by atoms with Gasteiger partial charge in [0.2, 0.25) is 5.43 Å². The number of aromatic nitrogens is 3. The van der Waals surface area contributed by atoms with Gasteiger partial charge in [-0.3, -0.25) is 24.3 Å². The molecule has 6 heterocycles. The smallest absolute Gasteiger partial charge is 0.326 e. The van der Waals surface area contributed by atoms with E-state index in [1.807, 2.05) is 44.2 Å². The molecule has 44 heavy (non-hydrogen) atoms. The molecule has 228 valence electrons. The summed E-state index contributed by atoms with van der Waals surface area (Å²) >= 11 is 0.